The van der Waals surface area contributed by atoms with Crippen LogP contribution in [0.15, 0.2) is 47.2 Å². The van der Waals surface area contributed by atoms with Gasteiger partial charge in [-0.3, -0.25) is 4.98 Å². The zero-order valence-electron chi connectivity index (χ0n) is 14.5. The van der Waals surface area contributed by atoms with Gasteiger partial charge in [-0.1, -0.05) is 30.5 Å². The van der Waals surface area contributed by atoms with E-state index in [2.05, 4.69) is 44.2 Å². The molecule has 0 amide bonds. The first kappa shape index (κ1) is 16.4. The van der Waals surface area contributed by atoms with E-state index in [0.717, 1.165) is 30.6 Å². The number of aromatic nitrogens is 4. The van der Waals surface area contributed by atoms with Crippen molar-refractivity contribution in [3.8, 4) is 23.4 Å². The SMILES string of the molecule is CCC1CNC(c2nc(-c3ccc(C#Cc4ccccn4)cn3)no2)C1. The molecular weight excluding hydrogens is 326 g/mol. The summed E-state index contributed by atoms with van der Waals surface area (Å²) < 4.78 is 5.43. The fourth-order valence-electron chi connectivity index (χ4n) is 2.96. The van der Waals surface area contributed by atoms with E-state index in [1.54, 1.807) is 12.4 Å². The number of nitrogens with zero attached hydrogens (tertiary/aromatic N) is 4. The summed E-state index contributed by atoms with van der Waals surface area (Å²) >= 11 is 0. The van der Waals surface area contributed by atoms with Crippen LogP contribution in [0.3, 0.4) is 0 Å². The minimum atomic E-state index is 0.143. The molecule has 1 N–H and O–H groups in total. The highest BCUT2D eigenvalue weighted by molar-refractivity contribution is 5.50. The van der Waals surface area contributed by atoms with E-state index in [0.29, 0.717) is 23.3 Å². The van der Waals surface area contributed by atoms with Crippen molar-refractivity contribution in [1.29, 1.82) is 0 Å². The third-order valence-corrected chi connectivity index (χ3v) is 4.53. The van der Waals surface area contributed by atoms with Gasteiger partial charge in [-0.25, -0.2) is 4.98 Å². The molecule has 1 fully saturated rings. The van der Waals surface area contributed by atoms with E-state index in [1.165, 1.54) is 0 Å². The van der Waals surface area contributed by atoms with Crippen molar-refractivity contribution < 1.29 is 4.52 Å². The fourth-order valence-corrected chi connectivity index (χ4v) is 2.96. The lowest BCUT2D eigenvalue weighted by Crippen LogP contribution is -2.13. The zero-order chi connectivity index (χ0) is 17.8. The lowest BCUT2D eigenvalue weighted by Gasteiger charge is -2.03. The number of nitrogens with one attached hydrogen (secondary N) is 1. The Morgan fingerprint density at radius 1 is 1.19 bits per heavy atom. The molecule has 3 aromatic heterocycles. The van der Waals surface area contributed by atoms with Gasteiger partial charge in [0.25, 0.3) is 0 Å². The van der Waals surface area contributed by atoms with Crippen LogP contribution in [0.4, 0.5) is 0 Å². The van der Waals surface area contributed by atoms with Gasteiger partial charge in [0.05, 0.1) is 6.04 Å². The molecule has 0 aromatic carbocycles. The summed E-state index contributed by atoms with van der Waals surface area (Å²) in [5.41, 5.74) is 2.22. The number of pyridine rings is 2. The minimum absolute atomic E-state index is 0.143. The van der Waals surface area contributed by atoms with Crippen molar-refractivity contribution in [3.05, 3.63) is 59.9 Å². The maximum atomic E-state index is 5.43. The highest BCUT2D eigenvalue weighted by Gasteiger charge is 2.28. The summed E-state index contributed by atoms with van der Waals surface area (Å²) in [6, 6.07) is 9.54. The Bertz CT molecular complexity index is 924. The Morgan fingerprint density at radius 2 is 2.15 bits per heavy atom. The van der Waals surface area contributed by atoms with Crippen molar-refractivity contribution >= 4 is 0 Å². The van der Waals surface area contributed by atoms with Crippen LogP contribution in [0.2, 0.25) is 0 Å². The van der Waals surface area contributed by atoms with Gasteiger partial charge in [0.1, 0.15) is 11.4 Å². The first-order valence-electron chi connectivity index (χ1n) is 8.78. The van der Waals surface area contributed by atoms with E-state index >= 15 is 0 Å². The monoisotopic (exact) mass is 345 g/mol. The first-order chi connectivity index (χ1) is 12.8. The van der Waals surface area contributed by atoms with Gasteiger partial charge in [0.15, 0.2) is 0 Å². The number of hydrogen-bond donors (Lipinski definition) is 1. The van der Waals surface area contributed by atoms with E-state index in [-0.39, 0.29) is 6.04 Å². The van der Waals surface area contributed by atoms with Gasteiger partial charge in [-0.05, 0) is 49.1 Å². The van der Waals surface area contributed by atoms with Gasteiger partial charge in [-0.15, -0.1) is 0 Å². The summed E-state index contributed by atoms with van der Waals surface area (Å²) in [6.45, 7) is 3.21. The third-order valence-electron chi connectivity index (χ3n) is 4.53. The van der Waals surface area contributed by atoms with Crippen molar-refractivity contribution in [3.63, 3.8) is 0 Å². The Kier molecular flexibility index (Phi) is 4.71. The topological polar surface area (TPSA) is 76.7 Å². The smallest absolute Gasteiger partial charge is 0.244 e. The van der Waals surface area contributed by atoms with Crippen LogP contribution >= 0.6 is 0 Å². The maximum absolute atomic E-state index is 5.43. The van der Waals surface area contributed by atoms with E-state index in [4.69, 9.17) is 4.52 Å². The molecule has 0 aliphatic carbocycles. The summed E-state index contributed by atoms with van der Waals surface area (Å²) in [5.74, 6) is 7.88. The van der Waals surface area contributed by atoms with Gasteiger partial charge < -0.3 is 9.84 Å². The van der Waals surface area contributed by atoms with Crippen molar-refractivity contribution in [1.82, 2.24) is 25.4 Å². The molecule has 0 bridgehead atoms. The molecule has 0 radical (unpaired) electrons. The Hall–Kier alpha value is -3.04. The van der Waals surface area contributed by atoms with Crippen molar-refractivity contribution in [2.24, 2.45) is 5.92 Å². The summed E-state index contributed by atoms with van der Waals surface area (Å²) in [5, 5.41) is 7.51. The molecule has 2 atom stereocenters. The maximum Gasteiger partial charge on any atom is 0.244 e. The summed E-state index contributed by atoms with van der Waals surface area (Å²) in [7, 11) is 0. The second-order valence-corrected chi connectivity index (χ2v) is 6.32. The van der Waals surface area contributed by atoms with Gasteiger partial charge in [0, 0.05) is 18.0 Å². The van der Waals surface area contributed by atoms with Crippen molar-refractivity contribution in [2.75, 3.05) is 6.54 Å². The van der Waals surface area contributed by atoms with Gasteiger partial charge in [0.2, 0.25) is 11.7 Å². The quantitative estimate of drug-likeness (QED) is 0.736. The highest BCUT2D eigenvalue weighted by atomic mass is 16.5. The Labute approximate surface area is 152 Å². The molecule has 6 nitrogen and oxygen atoms in total. The number of hydrogen-bond acceptors (Lipinski definition) is 6. The van der Waals surface area contributed by atoms with Crippen LogP contribution in [-0.2, 0) is 0 Å². The average Bonchev–Trinajstić information content (AvgIpc) is 3.37. The van der Waals surface area contributed by atoms with E-state index < -0.39 is 0 Å². The first-order valence-corrected chi connectivity index (χ1v) is 8.78. The van der Waals surface area contributed by atoms with Crippen molar-refractivity contribution in [2.45, 2.75) is 25.8 Å². The average molecular weight is 345 g/mol. The normalized spacial score (nSPS) is 19.1. The highest BCUT2D eigenvalue weighted by Crippen LogP contribution is 2.28. The van der Waals surface area contributed by atoms with Crippen LogP contribution in [0.5, 0.6) is 0 Å². The molecule has 4 heterocycles. The molecule has 3 aromatic rings. The molecule has 4 rings (SSSR count). The van der Waals surface area contributed by atoms with Gasteiger partial charge >= 0.3 is 0 Å². The summed E-state index contributed by atoms with van der Waals surface area (Å²) in [4.78, 5) is 13.1. The predicted molar refractivity (Wildman–Crippen MR) is 96.9 cm³/mol. The van der Waals surface area contributed by atoms with Crippen LogP contribution in [0.25, 0.3) is 11.5 Å². The number of rotatable bonds is 3. The van der Waals surface area contributed by atoms with E-state index in [9.17, 15) is 0 Å². The molecule has 1 aliphatic heterocycles. The molecular formula is C20H19N5O. The van der Waals surface area contributed by atoms with Crippen LogP contribution in [0.1, 0.15) is 43.0 Å². The Balaban J connectivity index is 1.47. The zero-order valence-corrected chi connectivity index (χ0v) is 14.5. The van der Waals surface area contributed by atoms with Gasteiger partial charge in [-0.2, -0.15) is 4.98 Å². The standard InChI is InChI=1S/C20H19N5O/c1-2-14-11-18(23-12-14)20-24-19(25-26-20)17-9-7-15(13-22-17)6-8-16-5-3-4-10-21-16/h3-5,7,9-10,13-14,18,23H,2,11-12H2,1H3. The molecule has 2 unspecified atom stereocenters. The molecule has 26 heavy (non-hydrogen) atoms. The van der Waals surface area contributed by atoms with Crippen LogP contribution < -0.4 is 5.32 Å². The van der Waals surface area contributed by atoms with Crippen LogP contribution in [-0.4, -0.2) is 26.7 Å². The largest absolute Gasteiger partial charge is 0.337 e. The second kappa shape index (κ2) is 7.46. The molecule has 1 aliphatic rings. The lowest BCUT2D eigenvalue weighted by molar-refractivity contribution is 0.341. The molecule has 6 heteroatoms. The van der Waals surface area contributed by atoms with Crippen LogP contribution in [0, 0.1) is 17.8 Å². The third kappa shape index (κ3) is 3.63. The molecule has 1 saturated heterocycles. The lowest BCUT2D eigenvalue weighted by atomic mass is 10.0. The molecule has 0 spiro atoms. The molecule has 0 saturated carbocycles. The molecule has 130 valence electrons. The fraction of sp³-hybridized carbons (Fsp3) is 0.300. The predicted octanol–water partition coefficient (Wildman–Crippen LogP) is 2.99. The summed E-state index contributed by atoms with van der Waals surface area (Å²) in [6.07, 6.45) is 5.63. The van der Waals surface area contributed by atoms with E-state index in [1.807, 2.05) is 30.3 Å². The minimum Gasteiger partial charge on any atom is -0.337 e. The Morgan fingerprint density at radius 3 is 2.88 bits per heavy atom. The second-order valence-electron chi connectivity index (χ2n) is 6.32.